The molecule has 0 atom stereocenters. The van der Waals surface area contributed by atoms with Gasteiger partial charge < -0.3 is 9.67 Å². The molecule has 3 rings (SSSR count). The first-order valence-electron chi connectivity index (χ1n) is 5.94. The summed E-state index contributed by atoms with van der Waals surface area (Å²) in [5, 5.41) is 10.1. The summed E-state index contributed by atoms with van der Waals surface area (Å²) in [6.45, 7) is 0.826. The third kappa shape index (κ3) is 1.93. The van der Waals surface area contributed by atoms with Crippen molar-refractivity contribution in [2.24, 2.45) is 5.41 Å². The number of carbonyl (C=O) groups is 1. The molecule has 1 fully saturated rings. The van der Waals surface area contributed by atoms with Crippen LogP contribution in [0.25, 0.3) is 10.9 Å². The largest absolute Gasteiger partial charge is 0.481 e. The van der Waals surface area contributed by atoms with Crippen LogP contribution in [-0.4, -0.2) is 15.6 Å². The van der Waals surface area contributed by atoms with E-state index in [1.54, 1.807) is 0 Å². The van der Waals surface area contributed by atoms with Crippen LogP contribution in [0.3, 0.4) is 0 Å². The average Bonchev–Trinajstić information content (AvgIpc) is 2.91. The Hall–Kier alpha value is -1.77. The number of benzene rings is 1. The number of fused-ring (bicyclic) bond motifs is 1. The summed E-state index contributed by atoms with van der Waals surface area (Å²) >= 11 is 0. The van der Waals surface area contributed by atoms with Gasteiger partial charge in [0.05, 0.1) is 6.42 Å². The second kappa shape index (κ2) is 3.62. The van der Waals surface area contributed by atoms with Gasteiger partial charge in [0.1, 0.15) is 0 Å². The number of para-hydroxylation sites is 1. The third-order valence-electron chi connectivity index (χ3n) is 3.67. The smallest absolute Gasteiger partial charge is 0.303 e. The van der Waals surface area contributed by atoms with E-state index in [1.807, 2.05) is 12.1 Å². The maximum Gasteiger partial charge on any atom is 0.303 e. The zero-order valence-corrected chi connectivity index (χ0v) is 9.60. The Labute approximate surface area is 99.7 Å². The molecule has 1 N–H and O–H groups in total. The van der Waals surface area contributed by atoms with Crippen LogP contribution in [0.15, 0.2) is 36.5 Å². The molecular weight excluding hydrogens is 214 g/mol. The summed E-state index contributed by atoms with van der Waals surface area (Å²) in [5.74, 6) is -0.682. The summed E-state index contributed by atoms with van der Waals surface area (Å²) in [7, 11) is 0. The molecule has 3 heteroatoms. The number of carboxylic acid groups (broad SMARTS) is 1. The lowest BCUT2D eigenvalue weighted by atomic mass is 10.0. The Morgan fingerprint density at radius 2 is 2.06 bits per heavy atom. The molecule has 88 valence electrons. The summed E-state index contributed by atoms with van der Waals surface area (Å²) in [6.07, 6.45) is 4.42. The van der Waals surface area contributed by atoms with Gasteiger partial charge in [0.15, 0.2) is 0 Å². The van der Waals surface area contributed by atoms with E-state index in [1.165, 1.54) is 10.9 Å². The van der Waals surface area contributed by atoms with Crippen molar-refractivity contribution in [2.75, 3.05) is 0 Å². The SMILES string of the molecule is O=C(O)CC1(Cn2ccc3ccccc32)CC1. The van der Waals surface area contributed by atoms with Crippen LogP contribution in [0.5, 0.6) is 0 Å². The van der Waals surface area contributed by atoms with Crippen LogP contribution < -0.4 is 0 Å². The molecule has 1 heterocycles. The number of aliphatic carboxylic acids is 1. The predicted octanol–water partition coefficient (Wildman–Crippen LogP) is 2.90. The lowest BCUT2D eigenvalue weighted by Gasteiger charge is -2.14. The van der Waals surface area contributed by atoms with Crippen molar-refractivity contribution in [3.8, 4) is 0 Å². The van der Waals surface area contributed by atoms with Gasteiger partial charge in [-0.15, -0.1) is 0 Å². The molecule has 0 bridgehead atoms. The van der Waals surface area contributed by atoms with E-state index in [0.717, 1.165) is 19.4 Å². The van der Waals surface area contributed by atoms with Crippen molar-refractivity contribution in [3.05, 3.63) is 36.5 Å². The highest BCUT2D eigenvalue weighted by Crippen LogP contribution is 2.50. The molecule has 1 aliphatic carbocycles. The van der Waals surface area contributed by atoms with Crippen molar-refractivity contribution >= 4 is 16.9 Å². The van der Waals surface area contributed by atoms with Crippen molar-refractivity contribution in [1.29, 1.82) is 0 Å². The standard InChI is InChI=1S/C14H15NO2/c16-13(17)9-14(6-7-14)10-15-8-5-11-3-1-2-4-12(11)15/h1-5,8H,6-7,9-10H2,(H,16,17). The van der Waals surface area contributed by atoms with E-state index in [-0.39, 0.29) is 5.41 Å². The van der Waals surface area contributed by atoms with Crippen LogP contribution >= 0.6 is 0 Å². The van der Waals surface area contributed by atoms with Crippen LogP contribution in [0, 0.1) is 5.41 Å². The van der Waals surface area contributed by atoms with Crippen molar-refractivity contribution in [2.45, 2.75) is 25.8 Å². The Morgan fingerprint density at radius 1 is 1.29 bits per heavy atom. The Balaban J connectivity index is 1.88. The van der Waals surface area contributed by atoms with E-state index in [2.05, 4.69) is 29.0 Å². The monoisotopic (exact) mass is 229 g/mol. The highest BCUT2D eigenvalue weighted by Gasteiger charge is 2.44. The highest BCUT2D eigenvalue weighted by atomic mass is 16.4. The first-order valence-corrected chi connectivity index (χ1v) is 5.94. The van der Waals surface area contributed by atoms with Gasteiger partial charge in [0.25, 0.3) is 0 Å². The molecule has 0 amide bonds. The molecule has 0 aliphatic heterocycles. The second-order valence-electron chi connectivity index (χ2n) is 5.07. The maximum absolute atomic E-state index is 10.8. The Morgan fingerprint density at radius 3 is 2.76 bits per heavy atom. The molecule has 3 nitrogen and oxygen atoms in total. The number of rotatable bonds is 4. The van der Waals surface area contributed by atoms with Gasteiger partial charge in [-0.25, -0.2) is 0 Å². The molecule has 17 heavy (non-hydrogen) atoms. The van der Waals surface area contributed by atoms with E-state index >= 15 is 0 Å². The normalized spacial score (nSPS) is 17.2. The van der Waals surface area contributed by atoms with Gasteiger partial charge in [-0.3, -0.25) is 4.79 Å². The lowest BCUT2D eigenvalue weighted by molar-refractivity contribution is -0.138. The number of aromatic nitrogens is 1. The molecule has 1 saturated carbocycles. The van der Waals surface area contributed by atoms with Gasteiger partial charge >= 0.3 is 5.97 Å². The van der Waals surface area contributed by atoms with Gasteiger partial charge in [-0.1, -0.05) is 18.2 Å². The fourth-order valence-corrected chi connectivity index (χ4v) is 2.53. The average molecular weight is 229 g/mol. The van der Waals surface area contributed by atoms with Gasteiger partial charge in [-0.2, -0.15) is 0 Å². The summed E-state index contributed by atoms with van der Waals surface area (Å²) in [6, 6.07) is 10.3. The molecule has 0 radical (unpaired) electrons. The van der Waals surface area contributed by atoms with Crippen LogP contribution in [0.2, 0.25) is 0 Å². The molecule has 1 aliphatic rings. The van der Waals surface area contributed by atoms with Crippen molar-refractivity contribution in [1.82, 2.24) is 4.57 Å². The van der Waals surface area contributed by atoms with E-state index in [9.17, 15) is 4.79 Å². The number of nitrogens with zero attached hydrogens (tertiary/aromatic N) is 1. The second-order valence-corrected chi connectivity index (χ2v) is 5.07. The molecule has 2 aromatic rings. The van der Waals surface area contributed by atoms with Crippen LogP contribution in [0.1, 0.15) is 19.3 Å². The molecular formula is C14H15NO2. The summed E-state index contributed by atoms with van der Waals surface area (Å²) in [4.78, 5) is 10.8. The minimum atomic E-state index is -0.682. The van der Waals surface area contributed by atoms with Gasteiger partial charge in [0, 0.05) is 18.3 Å². The first-order chi connectivity index (χ1) is 8.19. The van der Waals surface area contributed by atoms with E-state index in [4.69, 9.17) is 5.11 Å². The van der Waals surface area contributed by atoms with Gasteiger partial charge in [0.2, 0.25) is 0 Å². The van der Waals surface area contributed by atoms with Crippen LogP contribution in [-0.2, 0) is 11.3 Å². The Bertz CT molecular complexity index is 566. The fourth-order valence-electron chi connectivity index (χ4n) is 2.53. The number of hydrogen-bond acceptors (Lipinski definition) is 1. The fraction of sp³-hybridized carbons (Fsp3) is 0.357. The molecule has 1 aromatic heterocycles. The number of carboxylic acids is 1. The zero-order valence-electron chi connectivity index (χ0n) is 9.60. The van der Waals surface area contributed by atoms with Crippen molar-refractivity contribution in [3.63, 3.8) is 0 Å². The molecule has 0 spiro atoms. The maximum atomic E-state index is 10.8. The number of hydrogen-bond donors (Lipinski definition) is 1. The molecule has 0 unspecified atom stereocenters. The lowest BCUT2D eigenvalue weighted by Crippen LogP contribution is -2.15. The van der Waals surface area contributed by atoms with Crippen LogP contribution in [0.4, 0.5) is 0 Å². The quantitative estimate of drug-likeness (QED) is 0.875. The minimum Gasteiger partial charge on any atom is -0.481 e. The van der Waals surface area contributed by atoms with E-state index in [0.29, 0.717) is 6.42 Å². The third-order valence-corrected chi connectivity index (χ3v) is 3.67. The summed E-state index contributed by atoms with van der Waals surface area (Å²) < 4.78 is 2.19. The summed E-state index contributed by atoms with van der Waals surface area (Å²) in [5.41, 5.74) is 1.21. The topological polar surface area (TPSA) is 42.2 Å². The molecule has 0 saturated heterocycles. The highest BCUT2D eigenvalue weighted by molar-refractivity contribution is 5.80. The predicted molar refractivity (Wildman–Crippen MR) is 65.9 cm³/mol. The zero-order chi connectivity index (χ0) is 11.9. The van der Waals surface area contributed by atoms with Crippen molar-refractivity contribution < 1.29 is 9.90 Å². The van der Waals surface area contributed by atoms with Gasteiger partial charge in [-0.05, 0) is 35.8 Å². The van der Waals surface area contributed by atoms with E-state index < -0.39 is 5.97 Å². The first kappa shape index (κ1) is 10.4. The Kier molecular flexibility index (Phi) is 2.21. The minimum absolute atomic E-state index is 0.00756. The molecule has 1 aromatic carbocycles.